The summed E-state index contributed by atoms with van der Waals surface area (Å²) in [6.07, 6.45) is 0.668. The predicted octanol–water partition coefficient (Wildman–Crippen LogP) is 3.04. The number of fused-ring (bicyclic) bond motifs is 1. The number of anilines is 2. The zero-order valence-corrected chi connectivity index (χ0v) is 19.9. The fourth-order valence-electron chi connectivity index (χ4n) is 4.13. The van der Waals surface area contributed by atoms with Crippen LogP contribution >= 0.6 is 0 Å². The smallest absolute Gasteiger partial charge is 0.265 e. The van der Waals surface area contributed by atoms with Gasteiger partial charge in [-0.1, -0.05) is 19.1 Å². The van der Waals surface area contributed by atoms with Gasteiger partial charge in [0.1, 0.15) is 5.75 Å². The molecule has 2 aliphatic rings. The Morgan fingerprint density at radius 3 is 2.56 bits per heavy atom. The molecule has 0 bridgehead atoms. The lowest BCUT2D eigenvalue weighted by molar-refractivity contribution is -0.123. The molecule has 180 valence electrons. The van der Waals surface area contributed by atoms with Gasteiger partial charge in [0.05, 0.1) is 10.6 Å². The molecule has 34 heavy (non-hydrogen) atoms. The molecule has 0 radical (unpaired) electrons. The number of nitrogens with zero attached hydrogens (tertiary/aromatic N) is 1. The standard InChI is InChI=1S/C24H27N3O6S/c1-3-21-24(30)26-20-14-19(7-8-22(20)33-21)34(31,32)27-11-9-16(10-12-27)23(29)25-18-6-4-5-17(13-18)15(2)28/h4-8,13-14,16,21H,3,9-12H2,1-2H3,(H,25,29)(H,26,30). The topological polar surface area (TPSA) is 122 Å². The van der Waals surface area contributed by atoms with Crippen molar-refractivity contribution in [2.24, 2.45) is 5.92 Å². The van der Waals surface area contributed by atoms with Gasteiger partial charge in [-0.3, -0.25) is 14.4 Å². The van der Waals surface area contributed by atoms with E-state index in [-0.39, 0.29) is 41.5 Å². The van der Waals surface area contributed by atoms with Crippen LogP contribution in [0.5, 0.6) is 5.75 Å². The fourth-order valence-corrected chi connectivity index (χ4v) is 5.62. The fraction of sp³-hybridized carbons (Fsp3) is 0.375. The van der Waals surface area contributed by atoms with Gasteiger partial charge >= 0.3 is 0 Å². The van der Waals surface area contributed by atoms with Crippen molar-refractivity contribution in [3.63, 3.8) is 0 Å². The minimum atomic E-state index is -3.80. The summed E-state index contributed by atoms with van der Waals surface area (Å²) in [5, 5.41) is 5.54. The minimum Gasteiger partial charge on any atom is -0.478 e. The molecular formula is C24H27N3O6S. The van der Waals surface area contributed by atoms with E-state index >= 15 is 0 Å². The first-order chi connectivity index (χ1) is 16.2. The second kappa shape index (κ2) is 9.55. The Morgan fingerprint density at radius 1 is 1.15 bits per heavy atom. The van der Waals surface area contributed by atoms with Crippen LogP contribution in [0.2, 0.25) is 0 Å². The second-order valence-corrected chi connectivity index (χ2v) is 10.4. The van der Waals surface area contributed by atoms with Gasteiger partial charge in [0, 0.05) is 30.3 Å². The third-order valence-corrected chi connectivity index (χ3v) is 8.04. The highest BCUT2D eigenvalue weighted by atomic mass is 32.2. The maximum absolute atomic E-state index is 13.2. The van der Waals surface area contributed by atoms with Gasteiger partial charge < -0.3 is 15.4 Å². The molecular weight excluding hydrogens is 458 g/mol. The first kappa shape index (κ1) is 23.9. The van der Waals surface area contributed by atoms with Crippen LogP contribution in [0, 0.1) is 5.92 Å². The van der Waals surface area contributed by atoms with E-state index in [1.54, 1.807) is 30.3 Å². The first-order valence-electron chi connectivity index (χ1n) is 11.2. The monoisotopic (exact) mass is 485 g/mol. The number of ketones is 1. The van der Waals surface area contributed by atoms with E-state index in [9.17, 15) is 22.8 Å². The zero-order valence-electron chi connectivity index (χ0n) is 19.0. The van der Waals surface area contributed by atoms with Crippen molar-refractivity contribution in [1.82, 2.24) is 4.31 Å². The molecule has 10 heteroatoms. The van der Waals surface area contributed by atoms with Crippen LogP contribution in [0.15, 0.2) is 47.4 Å². The summed E-state index contributed by atoms with van der Waals surface area (Å²) in [6.45, 7) is 3.70. The van der Waals surface area contributed by atoms with Gasteiger partial charge in [-0.15, -0.1) is 0 Å². The van der Waals surface area contributed by atoms with Crippen LogP contribution in [0.4, 0.5) is 11.4 Å². The highest BCUT2D eigenvalue weighted by Crippen LogP contribution is 2.34. The number of ether oxygens (including phenoxy) is 1. The zero-order chi connectivity index (χ0) is 24.5. The maximum atomic E-state index is 13.2. The van der Waals surface area contributed by atoms with E-state index < -0.39 is 16.1 Å². The molecule has 2 N–H and O–H groups in total. The second-order valence-electron chi connectivity index (χ2n) is 8.47. The number of benzene rings is 2. The average Bonchev–Trinajstić information content (AvgIpc) is 2.83. The van der Waals surface area contributed by atoms with Crippen molar-refractivity contribution in [1.29, 1.82) is 0 Å². The summed E-state index contributed by atoms with van der Waals surface area (Å²) in [5.41, 5.74) is 1.38. The number of nitrogens with one attached hydrogen (secondary N) is 2. The van der Waals surface area contributed by atoms with Gasteiger partial charge in [0.15, 0.2) is 11.9 Å². The molecule has 1 atom stereocenters. The van der Waals surface area contributed by atoms with Gasteiger partial charge in [0.25, 0.3) is 5.91 Å². The molecule has 1 fully saturated rings. The number of rotatable bonds is 6. The van der Waals surface area contributed by atoms with Gasteiger partial charge in [-0.2, -0.15) is 4.31 Å². The summed E-state index contributed by atoms with van der Waals surface area (Å²) in [6, 6.07) is 11.2. The van der Waals surface area contributed by atoms with Crippen LogP contribution in [0.25, 0.3) is 0 Å². The number of piperidine rings is 1. The molecule has 2 amide bonds. The molecule has 9 nitrogen and oxygen atoms in total. The van der Waals surface area contributed by atoms with Gasteiger partial charge in [-0.25, -0.2) is 8.42 Å². The molecule has 0 spiro atoms. The lowest BCUT2D eigenvalue weighted by Crippen LogP contribution is -2.41. The number of sulfonamides is 1. The van der Waals surface area contributed by atoms with Crippen LogP contribution in [-0.2, 0) is 19.6 Å². The molecule has 1 unspecified atom stereocenters. The van der Waals surface area contributed by atoms with Crippen LogP contribution in [-0.4, -0.2) is 49.5 Å². The van der Waals surface area contributed by atoms with Gasteiger partial charge in [0.2, 0.25) is 15.9 Å². The Labute approximate surface area is 198 Å². The van der Waals surface area contributed by atoms with Crippen molar-refractivity contribution < 1.29 is 27.5 Å². The Balaban J connectivity index is 1.40. The summed E-state index contributed by atoms with van der Waals surface area (Å²) < 4.78 is 33.4. The van der Waals surface area contributed by atoms with E-state index in [1.165, 1.54) is 23.4 Å². The summed E-state index contributed by atoms with van der Waals surface area (Å²) in [4.78, 5) is 36.4. The molecule has 2 aliphatic heterocycles. The van der Waals surface area contributed by atoms with Crippen molar-refractivity contribution in [3.8, 4) is 5.75 Å². The normalized spacial score (nSPS) is 19.0. The van der Waals surface area contributed by atoms with Crippen molar-refractivity contribution >= 4 is 39.0 Å². The number of carbonyl (C=O) groups excluding carboxylic acids is 3. The number of carbonyl (C=O) groups is 3. The van der Waals surface area contributed by atoms with Crippen molar-refractivity contribution in [2.45, 2.75) is 44.1 Å². The molecule has 0 saturated carbocycles. The summed E-state index contributed by atoms with van der Waals surface area (Å²) in [7, 11) is -3.80. The van der Waals surface area contributed by atoms with E-state index in [0.717, 1.165) is 0 Å². The first-order valence-corrected chi connectivity index (χ1v) is 12.7. The number of amides is 2. The molecule has 0 aliphatic carbocycles. The van der Waals surface area contributed by atoms with Crippen LogP contribution in [0.1, 0.15) is 43.5 Å². The lowest BCUT2D eigenvalue weighted by atomic mass is 9.97. The molecule has 2 aromatic rings. The maximum Gasteiger partial charge on any atom is 0.265 e. The quantitative estimate of drug-likeness (QED) is 0.607. The Hall–Kier alpha value is -3.24. The Morgan fingerprint density at radius 2 is 1.88 bits per heavy atom. The number of Topliss-reactive ketones (excluding diaryl/α,β-unsaturated/α-hetero) is 1. The average molecular weight is 486 g/mol. The molecule has 1 saturated heterocycles. The molecule has 0 aromatic heterocycles. The summed E-state index contributed by atoms with van der Waals surface area (Å²) >= 11 is 0. The largest absolute Gasteiger partial charge is 0.478 e. The highest BCUT2D eigenvalue weighted by Gasteiger charge is 2.34. The predicted molar refractivity (Wildman–Crippen MR) is 126 cm³/mol. The van der Waals surface area contributed by atoms with E-state index in [1.807, 2.05) is 6.92 Å². The van der Waals surface area contributed by atoms with E-state index in [2.05, 4.69) is 10.6 Å². The number of hydrogen-bond acceptors (Lipinski definition) is 6. The van der Waals surface area contributed by atoms with E-state index in [4.69, 9.17) is 4.74 Å². The lowest BCUT2D eigenvalue weighted by Gasteiger charge is -2.31. The van der Waals surface area contributed by atoms with Crippen LogP contribution in [0.3, 0.4) is 0 Å². The SMILES string of the molecule is CCC1Oc2ccc(S(=O)(=O)N3CCC(C(=O)Nc4cccc(C(C)=O)c4)CC3)cc2NC1=O. The third-order valence-electron chi connectivity index (χ3n) is 6.14. The van der Waals surface area contributed by atoms with Crippen LogP contribution < -0.4 is 15.4 Å². The summed E-state index contributed by atoms with van der Waals surface area (Å²) in [5.74, 6) is -0.487. The Kier molecular flexibility index (Phi) is 6.72. The van der Waals surface area contributed by atoms with Crippen molar-refractivity contribution in [2.75, 3.05) is 23.7 Å². The molecule has 4 rings (SSSR count). The number of hydrogen-bond donors (Lipinski definition) is 2. The highest BCUT2D eigenvalue weighted by molar-refractivity contribution is 7.89. The minimum absolute atomic E-state index is 0.0639. The third kappa shape index (κ3) is 4.83. The van der Waals surface area contributed by atoms with Gasteiger partial charge in [-0.05, 0) is 56.5 Å². The van der Waals surface area contributed by atoms with Crippen molar-refractivity contribution in [3.05, 3.63) is 48.0 Å². The molecule has 2 heterocycles. The molecule has 2 aromatic carbocycles. The Bertz CT molecular complexity index is 1240. The van der Waals surface area contributed by atoms with E-state index in [0.29, 0.717) is 42.0 Å².